The maximum absolute atomic E-state index is 12.0. The molecule has 152 valence electrons. The summed E-state index contributed by atoms with van der Waals surface area (Å²) in [5.41, 5.74) is 8.65. The minimum absolute atomic E-state index is 0.0884. The molecule has 2 aromatic rings. The van der Waals surface area contributed by atoms with Crippen LogP contribution >= 0.6 is 22.6 Å². The van der Waals surface area contributed by atoms with Crippen molar-refractivity contribution in [1.82, 2.24) is 4.90 Å². The molecule has 0 saturated heterocycles. The Balaban J connectivity index is 1.69. The SMILES string of the molecule is NC(=O)CC1c2ccccc2N=C(Nc2ccc(I)cc2)N1CC1CCCCC1. The number of guanidine groups is 1. The zero-order valence-electron chi connectivity index (χ0n) is 16.5. The summed E-state index contributed by atoms with van der Waals surface area (Å²) in [7, 11) is 0. The number of amides is 1. The van der Waals surface area contributed by atoms with Crippen molar-refractivity contribution in [2.75, 3.05) is 11.9 Å². The summed E-state index contributed by atoms with van der Waals surface area (Å²) in [5, 5.41) is 3.51. The fraction of sp³-hybridized carbons (Fsp3) is 0.391. The normalized spacial score (nSPS) is 19.4. The standard InChI is InChI=1S/C23H27IN4O/c24-17-10-12-18(13-11-17)26-23-27-20-9-5-4-8-19(20)21(14-22(25)29)28(23)15-16-6-2-1-3-7-16/h4-5,8-13,16,21H,1-3,6-7,14-15H2,(H2,25,29)(H,26,27). The molecule has 2 aromatic carbocycles. The third-order valence-corrected chi connectivity index (χ3v) is 6.56. The molecule has 0 bridgehead atoms. The van der Waals surface area contributed by atoms with Crippen LogP contribution in [0.1, 0.15) is 50.1 Å². The summed E-state index contributed by atoms with van der Waals surface area (Å²) in [4.78, 5) is 19.2. The van der Waals surface area contributed by atoms with Gasteiger partial charge in [-0.1, -0.05) is 37.5 Å². The van der Waals surface area contributed by atoms with Gasteiger partial charge in [0.2, 0.25) is 11.9 Å². The Labute approximate surface area is 185 Å². The van der Waals surface area contributed by atoms with E-state index in [1.165, 1.54) is 35.7 Å². The highest BCUT2D eigenvalue weighted by Gasteiger charge is 2.33. The summed E-state index contributed by atoms with van der Waals surface area (Å²) in [6, 6.07) is 16.3. The van der Waals surface area contributed by atoms with E-state index in [2.05, 4.69) is 63.1 Å². The average Bonchev–Trinajstić information content (AvgIpc) is 2.72. The van der Waals surface area contributed by atoms with Gasteiger partial charge in [0.25, 0.3) is 0 Å². The van der Waals surface area contributed by atoms with E-state index in [0.29, 0.717) is 5.92 Å². The first-order chi connectivity index (χ1) is 14.1. The van der Waals surface area contributed by atoms with Crippen LogP contribution in [0.4, 0.5) is 11.4 Å². The molecule has 0 radical (unpaired) electrons. The van der Waals surface area contributed by atoms with Gasteiger partial charge in [0.05, 0.1) is 18.2 Å². The molecule has 0 spiro atoms. The van der Waals surface area contributed by atoms with E-state index in [-0.39, 0.29) is 18.4 Å². The predicted octanol–water partition coefficient (Wildman–Crippen LogP) is 5.20. The van der Waals surface area contributed by atoms with E-state index in [1.54, 1.807) is 0 Å². The van der Waals surface area contributed by atoms with Crippen molar-refractivity contribution in [3.05, 3.63) is 57.7 Å². The third-order valence-electron chi connectivity index (χ3n) is 5.84. The van der Waals surface area contributed by atoms with Crippen LogP contribution in [0.25, 0.3) is 0 Å². The number of halogens is 1. The van der Waals surface area contributed by atoms with Crippen LogP contribution < -0.4 is 11.1 Å². The maximum atomic E-state index is 12.0. The maximum Gasteiger partial charge on any atom is 0.219 e. The number of anilines is 1. The Bertz CT molecular complexity index is 890. The van der Waals surface area contributed by atoms with Crippen molar-refractivity contribution in [1.29, 1.82) is 0 Å². The lowest BCUT2D eigenvalue weighted by atomic mass is 9.87. The quantitative estimate of drug-likeness (QED) is 0.552. The summed E-state index contributed by atoms with van der Waals surface area (Å²) in [5.74, 6) is 1.14. The zero-order chi connectivity index (χ0) is 20.2. The second-order valence-electron chi connectivity index (χ2n) is 7.97. The molecule has 6 heteroatoms. The van der Waals surface area contributed by atoms with Gasteiger partial charge in [-0.25, -0.2) is 4.99 Å². The number of rotatable bonds is 5. The number of carbonyl (C=O) groups is 1. The van der Waals surface area contributed by atoms with Crippen LogP contribution in [0.3, 0.4) is 0 Å². The molecule has 1 atom stereocenters. The number of primary amides is 1. The lowest BCUT2D eigenvalue weighted by Crippen LogP contribution is -2.45. The second-order valence-corrected chi connectivity index (χ2v) is 9.21. The number of benzene rings is 2. The van der Waals surface area contributed by atoms with Crippen LogP contribution in [-0.2, 0) is 4.79 Å². The van der Waals surface area contributed by atoms with Gasteiger partial charge in [0.1, 0.15) is 0 Å². The van der Waals surface area contributed by atoms with Crippen molar-refractivity contribution in [3.63, 3.8) is 0 Å². The molecule has 1 amide bonds. The van der Waals surface area contributed by atoms with Crippen LogP contribution in [0.15, 0.2) is 53.5 Å². The molecule has 2 aliphatic rings. The molecular weight excluding hydrogens is 475 g/mol. The molecule has 29 heavy (non-hydrogen) atoms. The van der Waals surface area contributed by atoms with Crippen molar-refractivity contribution in [3.8, 4) is 0 Å². The monoisotopic (exact) mass is 502 g/mol. The van der Waals surface area contributed by atoms with Crippen molar-refractivity contribution in [2.24, 2.45) is 16.6 Å². The van der Waals surface area contributed by atoms with Crippen LogP contribution in [-0.4, -0.2) is 23.3 Å². The Morgan fingerprint density at radius 1 is 1.10 bits per heavy atom. The topological polar surface area (TPSA) is 70.7 Å². The number of nitrogens with one attached hydrogen (secondary N) is 1. The van der Waals surface area contributed by atoms with Gasteiger partial charge in [0.15, 0.2) is 0 Å². The van der Waals surface area contributed by atoms with E-state index >= 15 is 0 Å². The number of carbonyl (C=O) groups excluding carboxylic acids is 1. The first kappa shape index (κ1) is 20.2. The predicted molar refractivity (Wildman–Crippen MR) is 126 cm³/mol. The van der Waals surface area contributed by atoms with E-state index in [4.69, 9.17) is 10.7 Å². The fourth-order valence-corrected chi connectivity index (χ4v) is 4.76. The molecule has 1 saturated carbocycles. The Morgan fingerprint density at radius 3 is 2.55 bits per heavy atom. The van der Waals surface area contributed by atoms with Gasteiger partial charge in [-0.2, -0.15) is 0 Å². The van der Waals surface area contributed by atoms with E-state index in [1.807, 2.05) is 18.2 Å². The van der Waals surface area contributed by atoms with E-state index in [0.717, 1.165) is 29.4 Å². The zero-order valence-corrected chi connectivity index (χ0v) is 18.6. The highest BCUT2D eigenvalue weighted by atomic mass is 127. The van der Waals surface area contributed by atoms with Crippen LogP contribution in [0, 0.1) is 9.49 Å². The lowest BCUT2D eigenvalue weighted by Gasteiger charge is -2.40. The summed E-state index contributed by atoms with van der Waals surface area (Å²) in [6.45, 7) is 0.891. The highest BCUT2D eigenvalue weighted by molar-refractivity contribution is 14.1. The Hall–Kier alpha value is -2.09. The van der Waals surface area contributed by atoms with Crippen molar-refractivity contribution < 1.29 is 4.79 Å². The van der Waals surface area contributed by atoms with Gasteiger partial charge < -0.3 is 16.0 Å². The highest BCUT2D eigenvalue weighted by Crippen LogP contribution is 2.38. The summed E-state index contributed by atoms with van der Waals surface area (Å²) >= 11 is 2.30. The van der Waals surface area contributed by atoms with Gasteiger partial charge >= 0.3 is 0 Å². The molecule has 1 aliphatic heterocycles. The van der Waals surface area contributed by atoms with Crippen molar-refractivity contribution in [2.45, 2.75) is 44.6 Å². The molecular formula is C23H27IN4O. The first-order valence-electron chi connectivity index (χ1n) is 10.4. The second kappa shape index (κ2) is 9.15. The van der Waals surface area contributed by atoms with Crippen LogP contribution in [0.5, 0.6) is 0 Å². The number of para-hydroxylation sites is 1. The van der Waals surface area contributed by atoms with Crippen LogP contribution in [0.2, 0.25) is 0 Å². The molecule has 3 N–H and O–H groups in total. The largest absolute Gasteiger partial charge is 0.370 e. The molecule has 1 fully saturated rings. The minimum Gasteiger partial charge on any atom is -0.370 e. The van der Waals surface area contributed by atoms with Gasteiger partial charge in [0, 0.05) is 21.4 Å². The molecule has 1 unspecified atom stereocenters. The molecule has 5 nitrogen and oxygen atoms in total. The number of nitrogens with two attached hydrogens (primary N) is 1. The smallest absolute Gasteiger partial charge is 0.219 e. The van der Waals surface area contributed by atoms with E-state index < -0.39 is 0 Å². The molecule has 1 heterocycles. The average molecular weight is 502 g/mol. The number of hydrogen-bond acceptors (Lipinski definition) is 4. The summed E-state index contributed by atoms with van der Waals surface area (Å²) < 4.78 is 1.19. The summed E-state index contributed by atoms with van der Waals surface area (Å²) in [6.07, 6.45) is 6.65. The van der Waals surface area contributed by atoms with Crippen molar-refractivity contribution >= 4 is 45.8 Å². The van der Waals surface area contributed by atoms with Gasteiger partial charge in [-0.3, -0.25) is 4.79 Å². The minimum atomic E-state index is -0.283. The van der Waals surface area contributed by atoms with Gasteiger partial charge in [-0.15, -0.1) is 0 Å². The number of fused-ring (bicyclic) bond motifs is 1. The third kappa shape index (κ3) is 4.91. The number of hydrogen-bond donors (Lipinski definition) is 2. The Morgan fingerprint density at radius 2 is 1.83 bits per heavy atom. The number of nitrogens with zero attached hydrogens (tertiary/aromatic N) is 2. The molecule has 4 rings (SSSR count). The fourth-order valence-electron chi connectivity index (χ4n) is 4.40. The lowest BCUT2D eigenvalue weighted by molar-refractivity contribution is -0.119. The Kier molecular flexibility index (Phi) is 6.37. The van der Waals surface area contributed by atoms with Gasteiger partial charge in [-0.05, 0) is 71.7 Å². The number of aliphatic imine (C=N–C) groups is 1. The molecule has 1 aliphatic carbocycles. The van der Waals surface area contributed by atoms with E-state index in [9.17, 15) is 4.79 Å². The first-order valence-corrected chi connectivity index (χ1v) is 11.4. The molecule has 0 aromatic heterocycles.